The van der Waals surface area contributed by atoms with Gasteiger partial charge in [0.2, 0.25) is 0 Å². The van der Waals surface area contributed by atoms with Gasteiger partial charge in [0.25, 0.3) is 0 Å². The molecule has 0 saturated carbocycles. The maximum atomic E-state index is 10.2. The molecule has 0 aliphatic heterocycles. The van der Waals surface area contributed by atoms with Crippen molar-refractivity contribution in [2.45, 2.75) is 39.2 Å². The van der Waals surface area contributed by atoms with E-state index in [1.807, 2.05) is 13.8 Å². The summed E-state index contributed by atoms with van der Waals surface area (Å²) in [5, 5.41) is 29.2. The molecule has 0 aliphatic rings. The van der Waals surface area contributed by atoms with E-state index in [0.717, 1.165) is 6.42 Å². The van der Waals surface area contributed by atoms with E-state index < -0.39 is 5.60 Å². The minimum Gasteiger partial charge on any atom is -0.508 e. The summed E-state index contributed by atoms with van der Waals surface area (Å²) in [5.74, 6) is 0.163. The number of aliphatic hydroxyl groups is 1. The van der Waals surface area contributed by atoms with E-state index >= 15 is 0 Å². The fourth-order valence-electron chi connectivity index (χ4n) is 1.68. The van der Waals surface area contributed by atoms with Gasteiger partial charge in [0.1, 0.15) is 11.5 Å². The van der Waals surface area contributed by atoms with E-state index in [2.05, 4.69) is 6.08 Å². The van der Waals surface area contributed by atoms with Crippen LogP contribution in [0.1, 0.15) is 39.2 Å². The van der Waals surface area contributed by atoms with E-state index in [1.165, 1.54) is 23.8 Å². The SMILES string of the molecule is CC(C)=CCCC(C)(O)C=Cc1cc(O)ccc1O. The summed E-state index contributed by atoms with van der Waals surface area (Å²) in [6.45, 7) is 5.77. The predicted molar refractivity (Wildman–Crippen MR) is 78.1 cm³/mol. The van der Waals surface area contributed by atoms with E-state index in [9.17, 15) is 15.3 Å². The zero-order valence-electron chi connectivity index (χ0n) is 11.7. The van der Waals surface area contributed by atoms with Crippen LogP contribution in [0.5, 0.6) is 11.5 Å². The molecule has 3 heteroatoms. The second kappa shape index (κ2) is 6.43. The van der Waals surface area contributed by atoms with Crippen LogP contribution >= 0.6 is 0 Å². The van der Waals surface area contributed by atoms with Crippen LogP contribution < -0.4 is 0 Å². The molecule has 1 rings (SSSR count). The van der Waals surface area contributed by atoms with Gasteiger partial charge in [0.15, 0.2) is 0 Å². The Morgan fingerprint density at radius 3 is 2.58 bits per heavy atom. The molecule has 1 unspecified atom stereocenters. The molecular formula is C16H22O3. The first kappa shape index (κ1) is 15.3. The van der Waals surface area contributed by atoms with Crippen molar-refractivity contribution in [1.82, 2.24) is 0 Å². The van der Waals surface area contributed by atoms with Crippen LogP contribution in [0.2, 0.25) is 0 Å². The van der Waals surface area contributed by atoms with E-state index in [-0.39, 0.29) is 11.5 Å². The second-order valence-electron chi connectivity index (χ2n) is 5.25. The first-order chi connectivity index (χ1) is 8.80. The molecule has 0 spiro atoms. The highest BCUT2D eigenvalue weighted by Crippen LogP contribution is 2.25. The number of benzene rings is 1. The predicted octanol–water partition coefficient (Wildman–Crippen LogP) is 3.61. The topological polar surface area (TPSA) is 60.7 Å². The Labute approximate surface area is 114 Å². The average Bonchev–Trinajstić information content (AvgIpc) is 2.30. The van der Waals surface area contributed by atoms with Crippen molar-refractivity contribution in [3.63, 3.8) is 0 Å². The summed E-state index contributed by atoms with van der Waals surface area (Å²) in [6.07, 6.45) is 6.74. The monoisotopic (exact) mass is 262 g/mol. The van der Waals surface area contributed by atoms with Crippen LogP contribution in [-0.2, 0) is 0 Å². The van der Waals surface area contributed by atoms with Gasteiger partial charge in [-0.3, -0.25) is 0 Å². The number of phenolic OH excluding ortho intramolecular Hbond substituents is 2. The van der Waals surface area contributed by atoms with Crippen LogP contribution in [0.25, 0.3) is 6.08 Å². The number of aromatic hydroxyl groups is 2. The van der Waals surface area contributed by atoms with E-state index in [1.54, 1.807) is 19.1 Å². The Kier molecular flexibility index (Phi) is 5.19. The van der Waals surface area contributed by atoms with Gasteiger partial charge in [-0.25, -0.2) is 0 Å². The van der Waals surface area contributed by atoms with Gasteiger partial charge in [-0.15, -0.1) is 0 Å². The van der Waals surface area contributed by atoms with Crippen LogP contribution in [0.3, 0.4) is 0 Å². The first-order valence-corrected chi connectivity index (χ1v) is 6.37. The lowest BCUT2D eigenvalue weighted by molar-refractivity contribution is 0.104. The Hall–Kier alpha value is -1.74. The Morgan fingerprint density at radius 1 is 1.26 bits per heavy atom. The van der Waals surface area contributed by atoms with Crippen molar-refractivity contribution in [2.75, 3.05) is 0 Å². The highest BCUT2D eigenvalue weighted by Gasteiger charge is 2.15. The van der Waals surface area contributed by atoms with E-state index in [0.29, 0.717) is 12.0 Å². The number of phenols is 2. The maximum Gasteiger partial charge on any atom is 0.123 e. The highest BCUT2D eigenvalue weighted by molar-refractivity contribution is 5.59. The van der Waals surface area contributed by atoms with Crippen molar-refractivity contribution in [3.05, 3.63) is 41.5 Å². The molecule has 1 atom stereocenters. The molecular weight excluding hydrogens is 240 g/mol. The molecule has 0 amide bonds. The molecule has 3 nitrogen and oxygen atoms in total. The van der Waals surface area contributed by atoms with Gasteiger partial charge in [0.05, 0.1) is 5.60 Å². The van der Waals surface area contributed by atoms with Gasteiger partial charge in [-0.05, 0) is 51.8 Å². The fraction of sp³-hybridized carbons (Fsp3) is 0.375. The van der Waals surface area contributed by atoms with Gasteiger partial charge >= 0.3 is 0 Å². The zero-order chi connectivity index (χ0) is 14.5. The van der Waals surface area contributed by atoms with Gasteiger partial charge in [-0.2, -0.15) is 0 Å². The Morgan fingerprint density at radius 2 is 1.95 bits per heavy atom. The quantitative estimate of drug-likeness (QED) is 0.561. The summed E-state index contributed by atoms with van der Waals surface area (Å²) in [6, 6.07) is 4.30. The Bertz CT molecular complexity index is 481. The second-order valence-corrected chi connectivity index (χ2v) is 5.25. The lowest BCUT2D eigenvalue weighted by Crippen LogP contribution is -2.19. The van der Waals surface area contributed by atoms with Gasteiger partial charge in [-0.1, -0.05) is 23.8 Å². The molecule has 0 aromatic heterocycles. The van der Waals surface area contributed by atoms with Crippen LogP contribution in [0.4, 0.5) is 0 Å². The standard InChI is InChI=1S/C16H22O3/c1-12(2)5-4-9-16(3,19)10-8-13-11-14(17)6-7-15(13)18/h5-8,10-11,17-19H,4,9H2,1-3H3. The molecule has 0 heterocycles. The van der Waals surface area contributed by atoms with Crippen molar-refractivity contribution in [1.29, 1.82) is 0 Å². The van der Waals surface area contributed by atoms with Gasteiger partial charge < -0.3 is 15.3 Å². The third-order valence-electron chi connectivity index (χ3n) is 2.84. The molecule has 0 bridgehead atoms. The lowest BCUT2D eigenvalue weighted by atomic mass is 9.97. The zero-order valence-corrected chi connectivity index (χ0v) is 11.7. The summed E-state index contributed by atoms with van der Waals surface area (Å²) >= 11 is 0. The number of hydrogen-bond donors (Lipinski definition) is 3. The third kappa shape index (κ3) is 5.62. The highest BCUT2D eigenvalue weighted by atomic mass is 16.3. The third-order valence-corrected chi connectivity index (χ3v) is 2.84. The normalized spacial score (nSPS) is 14.3. The summed E-state index contributed by atoms with van der Waals surface area (Å²) in [5.41, 5.74) is 0.775. The molecule has 19 heavy (non-hydrogen) atoms. The molecule has 104 valence electrons. The van der Waals surface area contributed by atoms with E-state index in [4.69, 9.17) is 0 Å². The van der Waals surface area contributed by atoms with Crippen LogP contribution in [0.15, 0.2) is 35.9 Å². The molecule has 0 fully saturated rings. The summed E-state index contributed by atoms with van der Waals surface area (Å²) in [7, 11) is 0. The fourth-order valence-corrected chi connectivity index (χ4v) is 1.68. The largest absolute Gasteiger partial charge is 0.508 e. The Balaban J connectivity index is 2.73. The molecule has 0 aliphatic carbocycles. The summed E-state index contributed by atoms with van der Waals surface area (Å²) in [4.78, 5) is 0. The molecule has 1 aromatic rings. The van der Waals surface area contributed by atoms with Gasteiger partial charge in [0, 0.05) is 5.56 Å². The minimum atomic E-state index is -0.941. The van der Waals surface area contributed by atoms with Crippen molar-refractivity contribution in [2.24, 2.45) is 0 Å². The molecule has 0 saturated heterocycles. The maximum absolute atomic E-state index is 10.2. The summed E-state index contributed by atoms with van der Waals surface area (Å²) < 4.78 is 0. The van der Waals surface area contributed by atoms with Crippen LogP contribution in [0, 0.1) is 0 Å². The first-order valence-electron chi connectivity index (χ1n) is 6.37. The minimum absolute atomic E-state index is 0.0779. The smallest absolute Gasteiger partial charge is 0.123 e. The average molecular weight is 262 g/mol. The number of allylic oxidation sites excluding steroid dienone is 2. The molecule has 1 aromatic carbocycles. The number of rotatable bonds is 5. The lowest BCUT2D eigenvalue weighted by Gasteiger charge is -2.18. The van der Waals surface area contributed by atoms with Crippen LogP contribution in [-0.4, -0.2) is 20.9 Å². The van der Waals surface area contributed by atoms with Crippen molar-refractivity contribution < 1.29 is 15.3 Å². The van der Waals surface area contributed by atoms with Crippen molar-refractivity contribution in [3.8, 4) is 11.5 Å². The number of hydrogen-bond acceptors (Lipinski definition) is 3. The molecule has 0 radical (unpaired) electrons. The molecule has 3 N–H and O–H groups in total. The van der Waals surface area contributed by atoms with Crippen molar-refractivity contribution >= 4 is 6.08 Å².